The lowest BCUT2D eigenvalue weighted by atomic mass is 10.2. The summed E-state index contributed by atoms with van der Waals surface area (Å²) in [7, 11) is 5.38. The summed E-state index contributed by atoms with van der Waals surface area (Å²) in [6.45, 7) is 7.11. The first kappa shape index (κ1) is 23.9. The molecule has 0 atom stereocenters. The predicted molar refractivity (Wildman–Crippen MR) is 115 cm³/mol. The summed E-state index contributed by atoms with van der Waals surface area (Å²) in [4.78, 5) is 5.93. The van der Waals surface area contributed by atoms with Gasteiger partial charge in [-0.2, -0.15) is 0 Å². The minimum atomic E-state index is -0.218. The van der Waals surface area contributed by atoms with Gasteiger partial charge in [-0.25, -0.2) is 4.39 Å². The maximum atomic E-state index is 14.0. The first-order valence-corrected chi connectivity index (χ1v) is 8.42. The molecule has 0 fully saturated rings. The van der Waals surface area contributed by atoms with Gasteiger partial charge in [-0.05, 0) is 30.0 Å². The Bertz CT molecular complexity index is 524. The Balaban J connectivity index is 0.00000576. The van der Waals surface area contributed by atoms with E-state index in [0.717, 1.165) is 31.7 Å². The molecule has 0 saturated heterocycles. The highest BCUT2D eigenvalue weighted by Crippen LogP contribution is 2.18. The van der Waals surface area contributed by atoms with Gasteiger partial charge in [0.2, 0.25) is 0 Å². The molecule has 0 spiro atoms. The third-order valence-corrected chi connectivity index (χ3v) is 3.39. The smallest absolute Gasteiger partial charge is 0.191 e. The zero-order valence-corrected chi connectivity index (χ0v) is 18.3. The van der Waals surface area contributed by atoms with E-state index < -0.39 is 0 Å². The number of halogens is 2. The standard InChI is InChI=1S/C18H31FN4O.HI/c1-14(2)13-24-10-6-9-21-18(20-3)22-12-15-7-8-17(23(4)5)16(19)11-15;/h7-8,11,14H,6,9-10,12-13H2,1-5H3,(H2,20,21,22);1H. The Morgan fingerprint density at radius 3 is 2.56 bits per heavy atom. The summed E-state index contributed by atoms with van der Waals surface area (Å²) in [5.74, 6) is 1.05. The van der Waals surface area contributed by atoms with Gasteiger partial charge in [0.1, 0.15) is 5.82 Å². The van der Waals surface area contributed by atoms with Crippen LogP contribution in [0.5, 0.6) is 0 Å². The van der Waals surface area contributed by atoms with Crippen molar-refractivity contribution in [3.63, 3.8) is 0 Å². The molecule has 0 heterocycles. The summed E-state index contributed by atoms with van der Waals surface area (Å²) >= 11 is 0. The molecule has 2 N–H and O–H groups in total. The highest BCUT2D eigenvalue weighted by molar-refractivity contribution is 14.0. The minimum absolute atomic E-state index is 0. The van der Waals surface area contributed by atoms with Crippen LogP contribution < -0.4 is 15.5 Å². The van der Waals surface area contributed by atoms with E-state index in [2.05, 4.69) is 29.5 Å². The number of anilines is 1. The van der Waals surface area contributed by atoms with Crippen molar-refractivity contribution in [2.24, 2.45) is 10.9 Å². The van der Waals surface area contributed by atoms with Gasteiger partial charge in [-0.15, -0.1) is 24.0 Å². The van der Waals surface area contributed by atoms with Crippen LogP contribution in [0.2, 0.25) is 0 Å². The molecule has 0 aliphatic heterocycles. The number of nitrogens with zero attached hydrogens (tertiary/aromatic N) is 2. The highest BCUT2D eigenvalue weighted by Gasteiger charge is 2.06. The number of aliphatic imine (C=N–C) groups is 1. The Kier molecular flexibility index (Phi) is 12.6. The molecular weight excluding hydrogens is 434 g/mol. The SMILES string of the molecule is CN=C(NCCCOCC(C)C)NCc1ccc(N(C)C)c(F)c1.I. The van der Waals surface area contributed by atoms with Crippen molar-refractivity contribution in [2.45, 2.75) is 26.8 Å². The Labute approximate surface area is 168 Å². The lowest BCUT2D eigenvalue weighted by Crippen LogP contribution is -2.37. The molecule has 1 rings (SSSR count). The van der Waals surface area contributed by atoms with Crippen molar-refractivity contribution in [2.75, 3.05) is 45.8 Å². The van der Waals surface area contributed by atoms with Crippen LogP contribution in [0.4, 0.5) is 10.1 Å². The van der Waals surface area contributed by atoms with E-state index in [1.165, 1.54) is 0 Å². The van der Waals surface area contributed by atoms with Gasteiger partial charge in [-0.3, -0.25) is 4.99 Å². The highest BCUT2D eigenvalue weighted by atomic mass is 127. The number of nitrogens with one attached hydrogen (secondary N) is 2. The van der Waals surface area contributed by atoms with E-state index in [1.807, 2.05) is 20.2 Å². The van der Waals surface area contributed by atoms with E-state index >= 15 is 0 Å². The number of hydrogen-bond donors (Lipinski definition) is 2. The number of benzene rings is 1. The van der Waals surface area contributed by atoms with Crippen molar-refractivity contribution in [1.82, 2.24) is 10.6 Å². The second-order valence-electron chi connectivity index (χ2n) is 6.36. The summed E-state index contributed by atoms with van der Waals surface area (Å²) in [5.41, 5.74) is 1.46. The van der Waals surface area contributed by atoms with Crippen LogP contribution in [0, 0.1) is 11.7 Å². The van der Waals surface area contributed by atoms with Crippen LogP contribution in [0.1, 0.15) is 25.8 Å². The van der Waals surface area contributed by atoms with Gasteiger partial charge in [0.15, 0.2) is 5.96 Å². The molecule has 0 aliphatic rings. The number of ether oxygens (including phenoxy) is 1. The fraction of sp³-hybridized carbons (Fsp3) is 0.611. The maximum absolute atomic E-state index is 14.0. The molecule has 0 aromatic heterocycles. The fourth-order valence-electron chi connectivity index (χ4n) is 2.13. The third-order valence-electron chi connectivity index (χ3n) is 3.39. The minimum Gasteiger partial charge on any atom is -0.381 e. The predicted octanol–water partition coefficient (Wildman–Crippen LogP) is 3.24. The molecule has 0 radical (unpaired) electrons. The molecule has 1 aromatic carbocycles. The average molecular weight is 466 g/mol. The van der Waals surface area contributed by atoms with E-state index in [-0.39, 0.29) is 29.8 Å². The molecule has 7 heteroatoms. The van der Waals surface area contributed by atoms with Crippen molar-refractivity contribution >= 4 is 35.6 Å². The zero-order valence-electron chi connectivity index (χ0n) is 15.9. The molecule has 5 nitrogen and oxygen atoms in total. The van der Waals surface area contributed by atoms with Gasteiger partial charge < -0.3 is 20.3 Å². The third kappa shape index (κ3) is 9.84. The number of guanidine groups is 1. The molecule has 144 valence electrons. The van der Waals surface area contributed by atoms with Crippen molar-refractivity contribution in [1.29, 1.82) is 0 Å². The van der Waals surface area contributed by atoms with Crippen LogP contribution >= 0.6 is 24.0 Å². The van der Waals surface area contributed by atoms with E-state index in [9.17, 15) is 4.39 Å². The summed E-state index contributed by atoms with van der Waals surface area (Å²) in [6, 6.07) is 5.25. The van der Waals surface area contributed by atoms with Crippen molar-refractivity contribution in [3.8, 4) is 0 Å². The first-order valence-electron chi connectivity index (χ1n) is 8.42. The van der Waals surface area contributed by atoms with Crippen LogP contribution in [-0.4, -0.2) is 46.9 Å². The second kappa shape index (κ2) is 13.2. The molecule has 0 unspecified atom stereocenters. The van der Waals surface area contributed by atoms with Gasteiger partial charge in [-0.1, -0.05) is 19.9 Å². The van der Waals surface area contributed by atoms with Crippen LogP contribution in [0.15, 0.2) is 23.2 Å². The first-order chi connectivity index (χ1) is 11.4. The number of hydrogen-bond acceptors (Lipinski definition) is 3. The molecule has 25 heavy (non-hydrogen) atoms. The quantitative estimate of drug-likeness (QED) is 0.254. The topological polar surface area (TPSA) is 48.9 Å². The largest absolute Gasteiger partial charge is 0.381 e. The zero-order chi connectivity index (χ0) is 17.9. The lowest BCUT2D eigenvalue weighted by molar-refractivity contribution is 0.108. The molecule has 0 aliphatic carbocycles. The molecular formula is C18H32FIN4O. The van der Waals surface area contributed by atoms with Gasteiger partial charge >= 0.3 is 0 Å². The molecule has 1 aromatic rings. The lowest BCUT2D eigenvalue weighted by Gasteiger charge is -2.15. The molecule has 0 bridgehead atoms. The van der Waals surface area contributed by atoms with Gasteiger partial charge in [0.25, 0.3) is 0 Å². The molecule has 0 amide bonds. The van der Waals surface area contributed by atoms with E-state index in [1.54, 1.807) is 24.1 Å². The second-order valence-corrected chi connectivity index (χ2v) is 6.36. The van der Waals surface area contributed by atoms with E-state index in [4.69, 9.17) is 4.74 Å². The summed E-state index contributed by atoms with van der Waals surface area (Å²) in [6.07, 6.45) is 0.916. The Hall–Kier alpha value is -1.09. The Morgan fingerprint density at radius 1 is 1.28 bits per heavy atom. The average Bonchev–Trinajstić information content (AvgIpc) is 2.52. The van der Waals surface area contributed by atoms with Gasteiger partial charge in [0.05, 0.1) is 5.69 Å². The Morgan fingerprint density at radius 2 is 2.00 bits per heavy atom. The molecule has 0 saturated carbocycles. The normalized spacial score (nSPS) is 11.2. The summed E-state index contributed by atoms with van der Waals surface area (Å²) < 4.78 is 19.5. The number of rotatable bonds is 9. The van der Waals surface area contributed by atoms with Gasteiger partial charge in [0, 0.05) is 47.4 Å². The summed E-state index contributed by atoms with van der Waals surface area (Å²) in [5, 5.41) is 6.42. The van der Waals surface area contributed by atoms with Crippen molar-refractivity contribution < 1.29 is 9.13 Å². The van der Waals surface area contributed by atoms with Crippen LogP contribution in [0.25, 0.3) is 0 Å². The van der Waals surface area contributed by atoms with Crippen LogP contribution in [0.3, 0.4) is 0 Å². The van der Waals surface area contributed by atoms with Crippen LogP contribution in [-0.2, 0) is 11.3 Å². The fourth-order valence-corrected chi connectivity index (χ4v) is 2.13. The van der Waals surface area contributed by atoms with E-state index in [0.29, 0.717) is 24.1 Å². The monoisotopic (exact) mass is 466 g/mol. The maximum Gasteiger partial charge on any atom is 0.191 e. The van der Waals surface area contributed by atoms with Crippen molar-refractivity contribution in [3.05, 3.63) is 29.6 Å².